The first-order chi connectivity index (χ1) is 9.83. The van der Waals surface area contributed by atoms with Crippen LogP contribution in [0.4, 0.5) is 11.4 Å². The van der Waals surface area contributed by atoms with Crippen LogP contribution in [-0.4, -0.2) is 43.6 Å². The average Bonchev–Trinajstić information content (AvgIpc) is 2.51. The summed E-state index contributed by atoms with van der Waals surface area (Å²) in [6, 6.07) is 8.75. The first-order valence-electron chi connectivity index (χ1n) is 7.70. The van der Waals surface area contributed by atoms with Crippen molar-refractivity contribution in [2.24, 2.45) is 0 Å². The van der Waals surface area contributed by atoms with E-state index in [1.54, 1.807) is 0 Å². The number of hydrogen-bond donors (Lipinski definition) is 2. The zero-order chi connectivity index (χ0) is 13.8. The molecule has 2 N–H and O–H groups in total. The van der Waals surface area contributed by atoms with Gasteiger partial charge in [-0.3, -0.25) is 0 Å². The van der Waals surface area contributed by atoms with Gasteiger partial charge in [0.05, 0.1) is 25.4 Å². The van der Waals surface area contributed by atoms with Gasteiger partial charge in [0, 0.05) is 24.5 Å². The molecule has 0 bridgehead atoms. The lowest BCUT2D eigenvalue weighted by molar-refractivity contribution is 0.116. The first-order valence-corrected chi connectivity index (χ1v) is 7.70. The highest BCUT2D eigenvalue weighted by molar-refractivity contribution is 5.55. The smallest absolute Gasteiger partial charge is 0.0741 e. The number of nitrogens with zero attached hydrogens (tertiary/aromatic N) is 1. The third kappa shape index (κ3) is 3.25. The van der Waals surface area contributed by atoms with Crippen LogP contribution in [-0.2, 0) is 4.74 Å². The Kier molecular flexibility index (Phi) is 4.43. The van der Waals surface area contributed by atoms with E-state index < -0.39 is 0 Å². The van der Waals surface area contributed by atoms with Crippen LogP contribution in [0.1, 0.15) is 25.7 Å². The molecule has 1 saturated heterocycles. The number of benzene rings is 1. The molecule has 2 aliphatic rings. The highest BCUT2D eigenvalue weighted by Gasteiger charge is 2.22. The lowest BCUT2D eigenvalue weighted by Crippen LogP contribution is -2.36. The van der Waals surface area contributed by atoms with E-state index in [1.807, 2.05) is 0 Å². The zero-order valence-electron chi connectivity index (χ0n) is 11.9. The Hall–Kier alpha value is -1.26. The van der Waals surface area contributed by atoms with E-state index in [4.69, 9.17) is 4.74 Å². The zero-order valence-corrected chi connectivity index (χ0v) is 11.9. The molecule has 0 aromatic heterocycles. The van der Waals surface area contributed by atoms with Crippen molar-refractivity contribution in [2.75, 3.05) is 36.5 Å². The number of aliphatic hydroxyl groups excluding tert-OH is 1. The van der Waals surface area contributed by atoms with E-state index in [0.29, 0.717) is 0 Å². The summed E-state index contributed by atoms with van der Waals surface area (Å²) < 4.78 is 5.38. The molecule has 20 heavy (non-hydrogen) atoms. The van der Waals surface area contributed by atoms with E-state index in [1.165, 1.54) is 12.1 Å². The molecule has 1 aromatic carbocycles. The van der Waals surface area contributed by atoms with Gasteiger partial charge in [-0.15, -0.1) is 0 Å². The summed E-state index contributed by atoms with van der Waals surface area (Å²) in [6.45, 7) is 3.56. The molecule has 2 fully saturated rings. The van der Waals surface area contributed by atoms with Gasteiger partial charge in [0.2, 0.25) is 0 Å². The van der Waals surface area contributed by atoms with Crippen molar-refractivity contribution in [3.63, 3.8) is 0 Å². The third-order valence-electron chi connectivity index (χ3n) is 4.33. The number of aliphatic hydroxyl groups is 1. The van der Waals surface area contributed by atoms with E-state index in [9.17, 15) is 5.11 Å². The van der Waals surface area contributed by atoms with E-state index >= 15 is 0 Å². The summed E-state index contributed by atoms with van der Waals surface area (Å²) in [6.07, 6.45) is 4.13. The Morgan fingerprint density at radius 2 is 1.75 bits per heavy atom. The molecule has 1 aromatic rings. The third-order valence-corrected chi connectivity index (χ3v) is 4.33. The van der Waals surface area contributed by atoms with Crippen LogP contribution in [0.3, 0.4) is 0 Å². The molecule has 0 amide bonds. The fourth-order valence-electron chi connectivity index (χ4n) is 3.08. The Labute approximate surface area is 120 Å². The SMILES string of the molecule is O[C@@H]1CCCC[C@H]1Nc1ccc(N2CCOCC2)cc1. The van der Waals surface area contributed by atoms with Crippen molar-refractivity contribution in [3.05, 3.63) is 24.3 Å². The van der Waals surface area contributed by atoms with Crippen LogP contribution in [0.15, 0.2) is 24.3 Å². The van der Waals surface area contributed by atoms with Gasteiger partial charge in [0.15, 0.2) is 0 Å². The summed E-state index contributed by atoms with van der Waals surface area (Å²) in [5.74, 6) is 0. The van der Waals surface area contributed by atoms with Crippen LogP contribution in [0.2, 0.25) is 0 Å². The minimum absolute atomic E-state index is 0.206. The Bertz CT molecular complexity index is 415. The van der Waals surface area contributed by atoms with Gasteiger partial charge in [-0.05, 0) is 37.1 Å². The Morgan fingerprint density at radius 1 is 1.05 bits per heavy atom. The standard InChI is InChI=1S/C16H24N2O2/c19-16-4-2-1-3-15(16)17-13-5-7-14(8-6-13)18-9-11-20-12-10-18/h5-8,15-17,19H,1-4,9-12H2/t15-,16-/m1/s1. The van der Waals surface area contributed by atoms with Gasteiger partial charge in [-0.25, -0.2) is 0 Å². The highest BCUT2D eigenvalue weighted by Crippen LogP contribution is 2.24. The maximum atomic E-state index is 10.0. The normalized spacial score (nSPS) is 27.4. The number of nitrogens with one attached hydrogen (secondary N) is 1. The molecule has 110 valence electrons. The van der Waals surface area contributed by atoms with E-state index in [2.05, 4.69) is 34.5 Å². The topological polar surface area (TPSA) is 44.7 Å². The minimum Gasteiger partial charge on any atom is -0.391 e. The first kappa shape index (κ1) is 13.7. The van der Waals surface area contributed by atoms with Crippen molar-refractivity contribution in [1.29, 1.82) is 0 Å². The molecule has 1 aliphatic carbocycles. The molecule has 2 atom stereocenters. The van der Waals surface area contributed by atoms with Crippen LogP contribution >= 0.6 is 0 Å². The summed E-state index contributed by atoms with van der Waals surface area (Å²) in [7, 11) is 0. The highest BCUT2D eigenvalue weighted by atomic mass is 16.5. The maximum absolute atomic E-state index is 10.0. The van der Waals surface area contributed by atoms with Gasteiger partial charge >= 0.3 is 0 Å². The molecular weight excluding hydrogens is 252 g/mol. The molecule has 4 nitrogen and oxygen atoms in total. The molecule has 0 spiro atoms. The van der Waals surface area contributed by atoms with E-state index in [-0.39, 0.29) is 12.1 Å². The minimum atomic E-state index is -0.206. The fraction of sp³-hybridized carbons (Fsp3) is 0.625. The van der Waals surface area contributed by atoms with Crippen molar-refractivity contribution in [3.8, 4) is 0 Å². The molecule has 0 unspecified atom stereocenters. The lowest BCUT2D eigenvalue weighted by Gasteiger charge is -2.30. The number of rotatable bonds is 3. The molecule has 4 heteroatoms. The lowest BCUT2D eigenvalue weighted by atomic mass is 9.92. The second-order valence-corrected chi connectivity index (χ2v) is 5.75. The predicted molar refractivity (Wildman–Crippen MR) is 81.4 cm³/mol. The number of ether oxygens (including phenoxy) is 1. The van der Waals surface area contributed by atoms with Gasteiger partial charge < -0.3 is 20.1 Å². The molecule has 1 aliphatic heterocycles. The number of morpholine rings is 1. The molecule has 1 heterocycles. The molecule has 1 saturated carbocycles. The predicted octanol–water partition coefficient (Wildman–Crippen LogP) is 2.24. The molecule has 3 rings (SSSR count). The van der Waals surface area contributed by atoms with Gasteiger partial charge in [0.25, 0.3) is 0 Å². The summed E-state index contributed by atoms with van der Waals surface area (Å²) in [5.41, 5.74) is 2.36. The van der Waals surface area contributed by atoms with Crippen LogP contribution < -0.4 is 10.2 Å². The summed E-state index contributed by atoms with van der Waals surface area (Å²) in [4.78, 5) is 2.35. The largest absolute Gasteiger partial charge is 0.391 e. The van der Waals surface area contributed by atoms with Crippen LogP contribution in [0.25, 0.3) is 0 Å². The Morgan fingerprint density at radius 3 is 2.45 bits per heavy atom. The second-order valence-electron chi connectivity index (χ2n) is 5.75. The second kappa shape index (κ2) is 6.46. The molecular formula is C16H24N2O2. The monoisotopic (exact) mass is 276 g/mol. The number of hydrogen-bond acceptors (Lipinski definition) is 4. The fourth-order valence-corrected chi connectivity index (χ4v) is 3.08. The maximum Gasteiger partial charge on any atom is 0.0741 e. The Balaban J connectivity index is 1.60. The van der Waals surface area contributed by atoms with Crippen molar-refractivity contribution >= 4 is 11.4 Å². The van der Waals surface area contributed by atoms with Gasteiger partial charge in [-0.2, -0.15) is 0 Å². The summed E-state index contributed by atoms with van der Waals surface area (Å²) in [5, 5.41) is 13.5. The van der Waals surface area contributed by atoms with Crippen molar-refractivity contribution in [2.45, 2.75) is 37.8 Å². The van der Waals surface area contributed by atoms with E-state index in [0.717, 1.165) is 51.3 Å². The van der Waals surface area contributed by atoms with Gasteiger partial charge in [0.1, 0.15) is 0 Å². The summed E-state index contributed by atoms with van der Waals surface area (Å²) >= 11 is 0. The van der Waals surface area contributed by atoms with Crippen molar-refractivity contribution in [1.82, 2.24) is 0 Å². The average molecular weight is 276 g/mol. The quantitative estimate of drug-likeness (QED) is 0.888. The molecule has 0 radical (unpaired) electrons. The number of anilines is 2. The van der Waals surface area contributed by atoms with Crippen LogP contribution in [0.5, 0.6) is 0 Å². The van der Waals surface area contributed by atoms with Crippen LogP contribution in [0, 0.1) is 0 Å². The van der Waals surface area contributed by atoms with Gasteiger partial charge in [-0.1, -0.05) is 12.8 Å². The van der Waals surface area contributed by atoms with Crippen molar-refractivity contribution < 1.29 is 9.84 Å².